The smallest absolute Gasteiger partial charge is 0.313 e. The van der Waals surface area contributed by atoms with Crippen LogP contribution in [0.25, 0.3) is 0 Å². The highest BCUT2D eigenvalue weighted by atomic mass is 16.6. The Morgan fingerprint density at radius 1 is 1.06 bits per heavy atom. The molecule has 184 valence electrons. The van der Waals surface area contributed by atoms with Crippen LogP contribution < -0.4 is 0 Å². The third kappa shape index (κ3) is 1.90. The van der Waals surface area contributed by atoms with Crippen molar-refractivity contribution in [2.24, 2.45) is 45.3 Å². The van der Waals surface area contributed by atoms with Crippen LogP contribution in [0.2, 0.25) is 0 Å². The maximum atomic E-state index is 13.7. The Morgan fingerprint density at radius 3 is 2.53 bits per heavy atom. The summed E-state index contributed by atoms with van der Waals surface area (Å²) in [6.07, 6.45) is 5.81. The molecule has 5 nitrogen and oxygen atoms in total. The van der Waals surface area contributed by atoms with Crippen LogP contribution in [0.3, 0.4) is 0 Å². The molecule has 6 fully saturated rings. The minimum atomic E-state index is -0.615. The molecule has 2 bridgehead atoms. The molecule has 0 unspecified atom stereocenters. The first-order valence-electron chi connectivity index (χ1n) is 13.4. The van der Waals surface area contributed by atoms with Gasteiger partial charge in [-0.05, 0) is 73.7 Å². The minimum absolute atomic E-state index is 0.00388. The van der Waals surface area contributed by atoms with E-state index in [0.717, 1.165) is 44.1 Å². The number of fused-ring (bicyclic) bond motifs is 6. The van der Waals surface area contributed by atoms with Crippen LogP contribution in [0.5, 0.6) is 0 Å². The number of epoxide rings is 1. The summed E-state index contributed by atoms with van der Waals surface area (Å²) in [4.78, 5) is 26.6. The molecule has 2 saturated heterocycles. The second-order valence-corrected chi connectivity index (χ2v) is 13.7. The van der Waals surface area contributed by atoms with Crippen molar-refractivity contribution in [3.05, 3.63) is 23.5 Å². The molecular weight excluding hydrogens is 428 g/mol. The lowest BCUT2D eigenvalue weighted by Crippen LogP contribution is -2.74. The van der Waals surface area contributed by atoms with E-state index in [0.29, 0.717) is 6.42 Å². The summed E-state index contributed by atoms with van der Waals surface area (Å²) < 4.78 is 13.4. The van der Waals surface area contributed by atoms with Gasteiger partial charge in [-0.2, -0.15) is 0 Å². The average Bonchev–Trinajstić information content (AvgIpc) is 3.52. The van der Waals surface area contributed by atoms with E-state index in [4.69, 9.17) is 9.47 Å². The fraction of sp³-hybridized carbons (Fsp3) is 0.793. The fourth-order valence-electron chi connectivity index (χ4n) is 11.3. The number of carbonyl (C=O) groups is 2. The van der Waals surface area contributed by atoms with Gasteiger partial charge in [-0.1, -0.05) is 39.8 Å². The second kappa shape index (κ2) is 5.85. The zero-order valence-electron chi connectivity index (χ0n) is 21.2. The van der Waals surface area contributed by atoms with Crippen LogP contribution in [0.4, 0.5) is 0 Å². The number of ether oxygens (including phenoxy) is 2. The van der Waals surface area contributed by atoms with Crippen LogP contribution in [-0.4, -0.2) is 34.7 Å². The van der Waals surface area contributed by atoms with Gasteiger partial charge >= 0.3 is 5.97 Å². The van der Waals surface area contributed by atoms with Crippen molar-refractivity contribution in [3.63, 3.8) is 0 Å². The van der Waals surface area contributed by atoms with Crippen LogP contribution in [-0.2, 0) is 19.1 Å². The van der Waals surface area contributed by atoms with Gasteiger partial charge in [0.15, 0.2) is 17.1 Å². The Labute approximate surface area is 202 Å². The molecule has 2 aliphatic heterocycles. The molecule has 0 aromatic heterocycles. The summed E-state index contributed by atoms with van der Waals surface area (Å²) in [5.74, 6) is 0.594. The lowest BCUT2D eigenvalue weighted by atomic mass is 9.31. The van der Waals surface area contributed by atoms with E-state index in [2.05, 4.69) is 34.3 Å². The second-order valence-electron chi connectivity index (χ2n) is 13.7. The summed E-state index contributed by atoms with van der Waals surface area (Å²) in [5.41, 5.74) is 0.473. The topological polar surface area (TPSA) is 76.1 Å². The van der Waals surface area contributed by atoms with Gasteiger partial charge in [-0.3, -0.25) is 9.59 Å². The molecule has 4 saturated carbocycles. The van der Waals surface area contributed by atoms with E-state index in [1.165, 1.54) is 5.57 Å². The van der Waals surface area contributed by atoms with E-state index < -0.39 is 11.0 Å². The van der Waals surface area contributed by atoms with Gasteiger partial charge in [-0.25, -0.2) is 0 Å². The van der Waals surface area contributed by atoms with Crippen molar-refractivity contribution >= 4 is 11.8 Å². The van der Waals surface area contributed by atoms with Crippen LogP contribution in [0.15, 0.2) is 23.5 Å². The van der Waals surface area contributed by atoms with Gasteiger partial charge in [0.2, 0.25) is 0 Å². The van der Waals surface area contributed by atoms with E-state index in [9.17, 15) is 14.7 Å². The van der Waals surface area contributed by atoms with Crippen LogP contribution >= 0.6 is 0 Å². The molecule has 34 heavy (non-hydrogen) atoms. The number of aliphatic hydroxyl groups is 1. The molecule has 2 heterocycles. The van der Waals surface area contributed by atoms with E-state index in [-0.39, 0.29) is 69.6 Å². The number of allylic oxidation sites excluding steroid dienone is 3. The van der Waals surface area contributed by atoms with Gasteiger partial charge in [0.05, 0.1) is 11.5 Å². The maximum Gasteiger partial charge on any atom is 0.313 e. The molecule has 1 spiro atoms. The molecule has 0 aromatic rings. The number of hydrogen-bond acceptors (Lipinski definition) is 5. The van der Waals surface area contributed by atoms with Crippen LogP contribution in [0, 0.1) is 45.3 Å². The number of carbonyl (C=O) groups excluding carboxylic acids is 2. The molecule has 0 radical (unpaired) electrons. The normalized spacial score (nSPS) is 59.4. The summed E-state index contributed by atoms with van der Waals surface area (Å²) in [6, 6.07) is 0. The van der Waals surface area contributed by atoms with Crippen molar-refractivity contribution in [1.29, 1.82) is 0 Å². The Morgan fingerprint density at radius 2 is 1.79 bits per heavy atom. The van der Waals surface area contributed by atoms with Crippen molar-refractivity contribution in [1.82, 2.24) is 0 Å². The van der Waals surface area contributed by atoms with Crippen molar-refractivity contribution < 1.29 is 24.2 Å². The highest BCUT2D eigenvalue weighted by Crippen LogP contribution is 2.83. The molecule has 5 aliphatic carbocycles. The van der Waals surface area contributed by atoms with Gasteiger partial charge in [0.1, 0.15) is 6.10 Å². The molecular formula is C29H38O5. The lowest BCUT2D eigenvalue weighted by Gasteiger charge is -2.70. The third-order valence-electron chi connectivity index (χ3n) is 13.1. The van der Waals surface area contributed by atoms with Crippen LogP contribution in [0.1, 0.15) is 79.6 Å². The van der Waals surface area contributed by atoms with E-state index >= 15 is 0 Å². The zero-order chi connectivity index (χ0) is 24.2. The SMILES string of the molecule is C=C1CC[C@@]23CC[C@]4(C)[C@@](OC2=O)([C@@H]3[C@H]1C)[C@H]1O[C@H]1[C@@H]1[C@@]2(C)CC(=O)C(O)=C(C)[C@@H]2CC[C@]14C. The minimum Gasteiger partial charge on any atom is -0.504 e. The van der Waals surface area contributed by atoms with Crippen molar-refractivity contribution in [3.8, 4) is 0 Å². The monoisotopic (exact) mass is 466 g/mol. The molecule has 5 heteroatoms. The summed E-state index contributed by atoms with van der Waals surface area (Å²) in [6.45, 7) is 15.7. The molecule has 0 amide bonds. The first kappa shape index (κ1) is 21.6. The number of rotatable bonds is 0. The quantitative estimate of drug-likeness (QED) is 0.298. The number of Topliss-reactive ketones (excluding diaryl/α,β-unsaturated/α-hetero) is 1. The van der Waals surface area contributed by atoms with E-state index in [1.807, 2.05) is 6.92 Å². The fourth-order valence-corrected chi connectivity index (χ4v) is 11.3. The van der Waals surface area contributed by atoms with Gasteiger partial charge < -0.3 is 14.6 Å². The summed E-state index contributed by atoms with van der Waals surface area (Å²) in [7, 11) is 0. The number of aliphatic hydroxyl groups excluding tert-OH is 1. The molecule has 7 rings (SSSR count). The largest absolute Gasteiger partial charge is 0.504 e. The van der Waals surface area contributed by atoms with Crippen molar-refractivity contribution in [2.45, 2.75) is 97.4 Å². The van der Waals surface area contributed by atoms with Gasteiger partial charge in [0, 0.05) is 23.7 Å². The molecule has 7 aliphatic rings. The first-order chi connectivity index (χ1) is 15.9. The highest BCUT2D eigenvalue weighted by molar-refractivity contribution is 5.95. The van der Waals surface area contributed by atoms with Crippen molar-refractivity contribution in [2.75, 3.05) is 0 Å². The van der Waals surface area contributed by atoms with Gasteiger partial charge in [-0.15, -0.1) is 0 Å². The summed E-state index contributed by atoms with van der Waals surface area (Å²) >= 11 is 0. The first-order valence-corrected chi connectivity index (χ1v) is 13.4. The Balaban J connectivity index is 1.42. The summed E-state index contributed by atoms with van der Waals surface area (Å²) in [5, 5.41) is 10.5. The average molecular weight is 467 g/mol. The lowest BCUT2D eigenvalue weighted by molar-refractivity contribution is -0.256. The molecule has 1 N–H and O–H groups in total. The maximum absolute atomic E-state index is 13.7. The highest BCUT2D eigenvalue weighted by Gasteiger charge is 2.89. The number of esters is 1. The third-order valence-corrected chi connectivity index (χ3v) is 13.1. The Bertz CT molecular complexity index is 1110. The predicted molar refractivity (Wildman–Crippen MR) is 126 cm³/mol. The van der Waals surface area contributed by atoms with Gasteiger partial charge in [0.25, 0.3) is 0 Å². The predicted octanol–water partition coefficient (Wildman–Crippen LogP) is 5.30. The molecule has 11 atom stereocenters. The number of ketones is 1. The zero-order valence-corrected chi connectivity index (χ0v) is 21.2. The Kier molecular flexibility index (Phi) is 3.72. The number of hydrogen-bond donors (Lipinski definition) is 1. The Hall–Kier alpha value is -1.62. The molecule has 0 aromatic carbocycles. The standard InChI is InChI=1S/C29H38O5/c1-14-7-10-28-12-11-27(6)26(5)9-8-17-16(3)19(31)18(30)13-25(17,4)22(26)20-23(33-20)29(27,34-24(28)32)21(28)15(14)2/h15,17,20-23,31H,1,7-13H2,2-6H3/t15-,17-,20-,21+,22+,23-,25-,26+,27-,28-,29+/m0/s1. The van der Waals surface area contributed by atoms with E-state index in [1.54, 1.807) is 0 Å².